The Bertz CT molecular complexity index is 334. The Balaban J connectivity index is 2.00. The zero-order valence-corrected chi connectivity index (χ0v) is 9.69. The number of nitrogens with one attached hydrogen (secondary N) is 1. The van der Waals surface area contributed by atoms with E-state index in [0.717, 1.165) is 12.2 Å². The number of nitrogens with zero attached hydrogens (tertiary/aromatic N) is 4. The van der Waals surface area contributed by atoms with Gasteiger partial charge >= 0.3 is 0 Å². The summed E-state index contributed by atoms with van der Waals surface area (Å²) in [6, 6.07) is 0.659. The SMILES string of the molecule is CNC1CCC(C)(Cc2nnn(C)n2)C1. The Hall–Kier alpha value is -0.970. The van der Waals surface area contributed by atoms with Crippen LogP contribution in [0.15, 0.2) is 0 Å². The topological polar surface area (TPSA) is 55.6 Å². The second kappa shape index (κ2) is 3.89. The summed E-state index contributed by atoms with van der Waals surface area (Å²) in [6.45, 7) is 2.32. The lowest BCUT2D eigenvalue weighted by molar-refractivity contribution is 0.317. The Morgan fingerprint density at radius 2 is 2.40 bits per heavy atom. The predicted molar refractivity (Wildman–Crippen MR) is 57.3 cm³/mol. The number of aryl methyl sites for hydroxylation is 1. The molecule has 0 radical (unpaired) electrons. The van der Waals surface area contributed by atoms with Crippen LogP contribution in [0.2, 0.25) is 0 Å². The smallest absolute Gasteiger partial charge is 0.175 e. The highest BCUT2D eigenvalue weighted by atomic mass is 15.6. The highest BCUT2D eigenvalue weighted by Crippen LogP contribution is 2.39. The third-order valence-corrected chi connectivity index (χ3v) is 3.38. The second-order valence-corrected chi connectivity index (χ2v) is 4.91. The summed E-state index contributed by atoms with van der Waals surface area (Å²) in [6.07, 6.45) is 4.66. The van der Waals surface area contributed by atoms with Gasteiger partial charge in [-0.1, -0.05) is 6.92 Å². The molecule has 84 valence electrons. The predicted octanol–water partition coefficient (Wildman–Crippen LogP) is 0.531. The fourth-order valence-electron chi connectivity index (χ4n) is 2.50. The molecule has 2 rings (SSSR count). The average Bonchev–Trinajstić information content (AvgIpc) is 2.74. The first-order valence-corrected chi connectivity index (χ1v) is 5.51. The van der Waals surface area contributed by atoms with Gasteiger partial charge in [-0.25, -0.2) is 0 Å². The molecule has 0 aliphatic heterocycles. The molecule has 1 N–H and O–H groups in total. The molecule has 1 aromatic rings. The third kappa shape index (κ3) is 2.34. The van der Waals surface area contributed by atoms with Crippen molar-refractivity contribution in [2.75, 3.05) is 7.05 Å². The van der Waals surface area contributed by atoms with E-state index in [-0.39, 0.29) is 0 Å². The quantitative estimate of drug-likeness (QED) is 0.789. The molecule has 0 amide bonds. The monoisotopic (exact) mass is 209 g/mol. The Morgan fingerprint density at radius 1 is 1.60 bits per heavy atom. The first kappa shape index (κ1) is 10.5. The van der Waals surface area contributed by atoms with Crippen molar-refractivity contribution in [3.63, 3.8) is 0 Å². The standard InChI is InChI=1S/C10H19N5/c1-10(5-4-8(6-10)11-2)7-9-12-14-15(3)13-9/h8,11H,4-7H2,1-3H3. The molecule has 1 fully saturated rings. The molecular weight excluding hydrogens is 190 g/mol. The minimum absolute atomic E-state index is 0.344. The zero-order valence-electron chi connectivity index (χ0n) is 9.69. The molecular formula is C10H19N5. The summed E-state index contributed by atoms with van der Waals surface area (Å²) in [5.41, 5.74) is 0.344. The van der Waals surface area contributed by atoms with Gasteiger partial charge in [0.15, 0.2) is 5.82 Å². The van der Waals surface area contributed by atoms with Gasteiger partial charge in [0.2, 0.25) is 0 Å². The molecule has 1 aromatic heterocycles. The van der Waals surface area contributed by atoms with Crippen LogP contribution in [-0.2, 0) is 13.5 Å². The highest BCUT2D eigenvalue weighted by Gasteiger charge is 2.35. The van der Waals surface area contributed by atoms with E-state index >= 15 is 0 Å². The molecule has 0 aromatic carbocycles. The summed E-state index contributed by atoms with van der Waals surface area (Å²) in [5.74, 6) is 0.872. The van der Waals surface area contributed by atoms with Crippen LogP contribution >= 0.6 is 0 Å². The molecule has 2 unspecified atom stereocenters. The van der Waals surface area contributed by atoms with E-state index in [1.54, 1.807) is 0 Å². The Kier molecular flexibility index (Phi) is 2.73. The summed E-state index contributed by atoms with van der Waals surface area (Å²) in [7, 11) is 3.85. The van der Waals surface area contributed by atoms with Crippen molar-refractivity contribution in [1.29, 1.82) is 0 Å². The highest BCUT2D eigenvalue weighted by molar-refractivity contribution is 4.95. The fourth-order valence-corrected chi connectivity index (χ4v) is 2.50. The van der Waals surface area contributed by atoms with Crippen LogP contribution < -0.4 is 5.32 Å². The van der Waals surface area contributed by atoms with E-state index in [0.29, 0.717) is 11.5 Å². The summed E-state index contributed by atoms with van der Waals surface area (Å²) >= 11 is 0. The Morgan fingerprint density at radius 3 is 2.93 bits per heavy atom. The molecule has 1 aliphatic carbocycles. The van der Waals surface area contributed by atoms with Crippen molar-refractivity contribution in [3.05, 3.63) is 5.82 Å². The van der Waals surface area contributed by atoms with Crippen LogP contribution in [0.25, 0.3) is 0 Å². The van der Waals surface area contributed by atoms with Crippen LogP contribution in [0.4, 0.5) is 0 Å². The van der Waals surface area contributed by atoms with E-state index < -0.39 is 0 Å². The maximum Gasteiger partial charge on any atom is 0.175 e. The van der Waals surface area contributed by atoms with Crippen molar-refractivity contribution in [1.82, 2.24) is 25.5 Å². The normalized spacial score (nSPS) is 31.0. The van der Waals surface area contributed by atoms with Crippen molar-refractivity contribution in [3.8, 4) is 0 Å². The lowest BCUT2D eigenvalue weighted by atomic mass is 9.84. The summed E-state index contributed by atoms with van der Waals surface area (Å²) in [4.78, 5) is 1.53. The van der Waals surface area contributed by atoms with Crippen LogP contribution in [0.5, 0.6) is 0 Å². The number of hydrogen-bond acceptors (Lipinski definition) is 4. The van der Waals surface area contributed by atoms with Gasteiger partial charge in [0.25, 0.3) is 0 Å². The third-order valence-electron chi connectivity index (χ3n) is 3.38. The van der Waals surface area contributed by atoms with Crippen LogP contribution in [0.1, 0.15) is 32.0 Å². The number of tetrazole rings is 1. The largest absolute Gasteiger partial charge is 0.317 e. The maximum absolute atomic E-state index is 4.24. The minimum atomic E-state index is 0.344. The van der Waals surface area contributed by atoms with Gasteiger partial charge in [-0.2, -0.15) is 4.80 Å². The number of rotatable bonds is 3. The van der Waals surface area contributed by atoms with E-state index in [9.17, 15) is 0 Å². The second-order valence-electron chi connectivity index (χ2n) is 4.91. The molecule has 15 heavy (non-hydrogen) atoms. The molecule has 0 bridgehead atoms. The van der Waals surface area contributed by atoms with Crippen LogP contribution in [0.3, 0.4) is 0 Å². The summed E-state index contributed by atoms with van der Waals surface area (Å²) in [5, 5.41) is 15.5. The first-order valence-electron chi connectivity index (χ1n) is 5.51. The van der Waals surface area contributed by atoms with Crippen molar-refractivity contribution in [2.45, 2.75) is 38.6 Å². The molecule has 1 saturated carbocycles. The van der Waals surface area contributed by atoms with Crippen molar-refractivity contribution >= 4 is 0 Å². The summed E-state index contributed by atoms with van der Waals surface area (Å²) < 4.78 is 0. The number of aromatic nitrogens is 4. The van der Waals surface area contributed by atoms with Gasteiger partial charge in [-0.05, 0) is 36.9 Å². The van der Waals surface area contributed by atoms with Gasteiger partial charge in [-0.15, -0.1) is 10.2 Å². The van der Waals surface area contributed by atoms with Crippen LogP contribution in [-0.4, -0.2) is 33.3 Å². The molecule has 1 heterocycles. The lowest BCUT2D eigenvalue weighted by Gasteiger charge is -2.21. The molecule has 2 atom stereocenters. The van der Waals surface area contributed by atoms with Crippen molar-refractivity contribution in [2.24, 2.45) is 12.5 Å². The van der Waals surface area contributed by atoms with E-state index in [2.05, 4.69) is 27.7 Å². The van der Waals surface area contributed by atoms with Crippen molar-refractivity contribution < 1.29 is 0 Å². The fraction of sp³-hybridized carbons (Fsp3) is 0.900. The molecule has 5 heteroatoms. The van der Waals surface area contributed by atoms with Crippen LogP contribution in [0, 0.1) is 5.41 Å². The van der Waals surface area contributed by atoms with Gasteiger partial charge < -0.3 is 5.32 Å². The van der Waals surface area contributed by atoms with E-state index in [1.165, 1.54) is 24.1 Å². The van der Waals surface area contributed by atoms with Gasteiger partial charge in [0.1, 0.15) is 0 Å². The zero-order chi connectivity index (χ0) is 10.9. The van der Waals surface area contributed by atoms with E-state index in [4.69, 9.17) is 0 Å². The van der Waals surface area contributed by atoms with Gasteiger partial charge in [-0.3, -0.25) is 0 Å². The van der Waals surface area contributed by atoms with Gasteiger partial charge in [0, 0.05) is 12.5 Å². The lowest BCUT2D eigenvalue weighted by Crippen LogP contribution is -2.25. The Labute approximate surface area is 90.2 Å². The molecule has 5 nitrogen and oxygen atoms in total. The van der Waals surface area contributed by atoms with E-state index in [1.807, 2.05) is 14.1 Å². The average molecular weight is 209 g/mol. The minimum Gasteiger partial charge on any atom is -0.317 e. The number of hydrogen-bond donors (Lipinski definition) is 1. The first-order chi connectivity index (χ1) is 7.11. The van der Waals surface area contributed by atoms with Gasteiger partial charge in [0.05, 0.1) is 7.05 Å². The molecule has 0 spiro atoms. The molecule has 1 aliphatic rings. The molecule has 0 saturated heterocycles. The maximum atomic E-state index is 4.24.